The van der Waals surface area contributed by atoms with Gasteiger partial charge >= 0.3 is 0 Å². The summed E-state index contributed by atoms with van der Waals surface area (Å²) < 4.78 is 10.5. The maximum Gasteiger partial charge on any atom is 0.259 e. The predicted octanol–water partition coefficient (Wildman–Crippen LogP) is 1.31. The van der Waals surface area contributed by atoms with Gasteiger partial charge in [-0.1, -0.05) is 12.7 Å². The molecule has 1 aliphatic rings. The molecule has 2 heterocycles. The lowest BCUT2D eigenvalue weighted by Gasteiger charge is -2.10. The summed E-state index contributed by atoms with van der Waals surface area (Å²) >= 11 is 0. The lowest BCUT2D eigenvalue weighted by atomic mass is 10.1. The zero-order valence-corrected chi connectivity index (χ0v) is 8.60. The monoisotopic (exact) mass is 216 g/mol. The second kappa shape index (κ2) is 5.02. The zero-order valence-electron chi connectivity index (χ0n) is 7.78. The van der Waals surface area contributed by atoms with E-state index in [9.17, 15) is 0 Å². The molecule has 0 bridgehead atoms. The van der Waals surface area contributed by atoms with Crippen molar-refractivity contribution >= 4 is 12.4 Å². The van der Waals surface area contributed by atoms with Gasteiger partial charge in [0, 0.05) is 19.5 Å². The minimum absolute atomic E-state index is 0. The molecule has 1 aromatic heterocycles. The molecule has 1 aliphatic heterocycles. The molecule has 1 aromatic rings. The summed E-state index contributed by atoms with van der Waals surface area (Å²) in [5, 5.41) is 7.09. The Kier molecular flexibility index (Phi) is 3.98. The van der Waals surface area contributed by atoms with Gasteiger partial charge in [0.05, 0.1) is 5.56 Å². The van der Waals surface area contributed by atoms with Gasteiger partial charge in [-0.2, -0.15) is 0 Å². The molecule has 4 nitrogen and oxygen atoms in total. The van der Waals surface area contributed by atoms with E-state index in [0.717, 1.165) is 30.8 Å². The van der Waals surface area contributed by atoms with Crippen molar-refractivity contribution in [2.24, 2.45) is 0 Å². The van der Waals surface area contributed by atoms with Crippen LogP contribution in [-0.4, -0.2) is 18.3 Å². The molecule has 0 saturated carbocycles. The molecule has 2 rings (SSSR count). The smallest absolute Gasteiger partial charge is 0.259 e. The Morgan fingerprint density at radius 1 is 1.64 bits per heavy atom. The molecule has 0 spiro atoms. The molecular weight excluding hydrogens is 204 g/mol. The molecule has 78 valence electrons. The summed E-state index contributed by atoms with van der Waals surface area (Å²) in [5.41, 5.74) is 1.05. The van der Waals surface area contributed by atoms with Crippen LogP contribution in [0.3, 0.4) is 0 Å². The van der Waals surface area contributed by atoms with E-state index in [1.54, 1.807) is 6.08 Å². The van der Waals surface area contributed by atoms with Gasteiger partial charge in [0.2, 0.25) is 0 Å². The van der Waals surface area contributed by atoms with Crippen LogP contribution in [0.2, 0.25) is 0 Å². The van der Waals surface area contributed by atoms with E-state index < -0.39 is 0 Å². The van der Waals surface area contributed by atoms with E-state index in [1.165, 1.54) is 0 Å². The number of rotatable bonds is 3. The fourth-order valence-corrected chi connectivity index (χ4v) is 1.36. The molecular formula is C9H13ClN2O2. The van der Waals surface area contributed by atoms with Gasteiger partial charge in [-0.3, -0.25) is 0 Å². The molecule has 0 aromatic carbocycles. The number of ether oxygens (including phenoxy) is 1. The van der Waals surface area contributed by atoms with Crippen molar-refractivity contribution < 1.29 is 9.26 Å². The second-order valence-corrected chi connectivity index (χ2v) is 2.92. The highest BCUT2D eigenvalue weighted by Gasteiger charge is 2.19. The highest BCUT2D eigenvalue weighted by Crippen LogP contribution is 2.23. The predicted molar refractivity (Wildman–Crippen MR) is 54.9 cm³/mol. The summed E-state index contributed by atoms with van der Waals surface area (Å²) in [7, 11) is 0. The van der Waals surface area contributed by atoms with Crippen LogP contribution in [0.4, 0.5) is 0 Å². The Labute approximate surface area is 88.7 Å². The van der Waals surface area contributed by atoms with Crippen LogP contribution in [-0.2, 0) is 13.0 Å². The first-order valence-electron chi connectivity index (χ1n) is 4.33. The fraction of sp³-hybridized carbons (Fsp3) is 0.444. The third-order valence-electron chi connectivity index (χ3n) is 2.00. The van der Waals surface area contributed by atoms with Gasteiger partial charge < -0.3 is 14.6 Å². The Balaban J connectivity index is 0.000000980. The summed E-state index contributed by atoms with van der Waals surface area (Å²) in [6.07, 6.45) is 2.58. The van der Waals surface area contributed by atoms with Gasteiger partial charge in [-0.25, -0.2) is 0 Å². The number of nitrogens with one attached hydrogen (secondary N) is 1. The third kappa shape index (κ3) is 2.08. The second-order valence-electron chi connectivity index (χ2n) is 2.92. The number of hydrogen-bond acceptors (Lipinski definition) is 4. The first kappa shape index (κ1) is 11.1. The molecule has 1 N–H and O–H groups in total. The van der Waals surface area contributed by atoms with Crippen molar-refractivity contribution in [1.82, 2.24) is 10.5 Å². The first-order chi connectivity index (χ1) is 6.42. The SMILES string of the molecule is C=CCOc1noc2c1CNCC2.Cl. The van der Waals surface area contributed by atoms with Gasteiger partial charge in [0.15, 0.2) is 0 Å². The molecule has 0 unspecified atom stereocenters. The Bertz CT molecular complexity index is 312. The quantitative estimate of drug-likeness (QED) is 0.774. The molecule has 0 radical (unpaired) electrons. The summed E-state index contributed by atoms with van der Waals surface area (Å²) in [6.45, 7) is 5.77. The van der Waals surface area contributed by atoms with E-state index in [2.05, 4.69) is 17.1 Å². The normalized spacial score (nSPS) is 14.0. The summed E-state index contributed by atoms with van der Waals surface area (Å²) in [5.74, 6) is 1.54. The topological polar surface area (TPSA) is 47.3 Å². The molecule has 14 heavy (non-hydrogen) atoms. The number of fused-ring (bicyclic) bond motifs is 1. The van der Waals surface area contributed by atoms with Crippen molar-refractivity contribution in [3.8, 4) is 5.88 Å². The highest BCUT2D eigenvalue weighted by molar-refractivity contribution is 5.85. The maximum atomic E-state index is 5.33. The van der Waals surface area contributed by atoms with Gasteiger partial charge in [-0.15, -0.1) is 12.4 Å². The number of hydrogen-bond donors (Lipinski definition) is 1. The van der Waals surface area contributed by atoms with Crippen molar-refractivity contribution in [3.63, 3.8) is 0 Å². The number of aromatic nitrogens is 1. The van der Waals surface area contributed by atoms with Crippen molar-refractivity contribution in [2.75, 3.05) is 13.2 Å². The van der Waals surface area contributed by atoms with Crippen LogP contribution >= 0.6 is 12.4 Å². The van der Waals surface area contributed by atoms with Crippen LogP contribution in [0.1, 0.15) is 11.3 Å². The maximum absolute atomic E-state index is 5.33. The number of halogens is 1. The van der Waals surface area contributed by atoms with Crippen LogP contribution in [0, 0.1) is 0 Å². The van der Waals surface area contributed by atoms with Crippen LogP contribution in [0.15, 0.2) is 17.2 Å². The molecule has 0 saturated heterocycles. The van der Waals surface area contributed by atoms with Crippen molar-refractivity contribution in [1.29, 1.82) is 0 Å². The highest BCUT2D eigenvalue weighted by atomic mass is 35.5. The molecule has 5 heteroatoms. The number of nitrogens with zero attached hydrogens (tertiary/aromatic N) is 1. The van der Waals surface area contributed by atoms with E-state index in [0.29, 0.717) is 12.5 Å². The van der Waals surface area contributed by atoms with Crippen LogP contribution in [0.25, 0.3) is 0 Å². The van der Waals surface area contributed by atoms with Crippen molar-refractivity contribution in [3.05, 3.63) is 24.0 Å². The van der Waals surface area contributed by atoms with E-state index >= 15 is 0 Å². The Morgan fingerprint density at radius 2 is 2.50 bits per heavy atom. The minimum atomic E-state index is 0. The van der Waals surface area contributed by atoms with Gasteiger partial charge in [-0.05, 0) is 5.16 Å². The van der Waals surface area contributed by atoms with Crippen LogP contribution < -0.4 is 10.1 Å². The standard InChI is InChI=1S/C9H12N2O2.ClH/c1-2-5-12-9-7-6-10-4-3-8(7)13-11-9;/h2,10H,1,3-6H2;1H. The van der Waals surface area contributed by atoms with Crippen LogP contribution in [0.5, 0.6) is 5.88 Å². The van der Waals surface area contributed by atoms with E-state index in [4.69, 9.17) is 9.26 Å². The molecule has 0 fully saturated rings. The third-order valence-corrected chi connectivity index (χ3v) is 2.00. The first-order valence-corrected chi connectivity index (χ1v) is 4.33. The lowest BCUT2D eigenvalue weighted by Crippen LogP contribution is -2.22. The average molecular weight is 217 g/mol. The van der Waals surface area contributed by atoms with E-state index in [-0.39, 0.29) is 12.4 Å². The summed E-state index contributed by atoms with van der Waals surface area (Å²) in [4.78, 5) is 0. The minimum Gasteiger partial charge on any atom is -0.471 e. The van der Waals surface area contributed by atoms with Gasteiger partial charge in [0.25, 0.3) is 5.88 Å². The lowest BCUT2D eigenvalue weighted by molar-refractivity contribution is 0.303. The van der Waals surface area contributed by atoms with E-state index in [1.807, 2.05) is 0 Å². The molecule has 0 amide bonds. The van der Waals surface area contributed by atoms with Gasteiger partial charge in [0.1, 0.15) is 12.4 Å². The van der Waals surface area contributed by atoms with Crippen molar-refractivity contribution in [2.45, 2.75) is 13.0 Å². The molecule has 0 aliphatic carbocycles. The summed E-state index contributed by atoms with van der Waals surface area (Å²) in [6, 6.07) is 0. The Morgan fingerprint density at radius 3 is 3.29 bits per heavy atom. The average Bonchev–Trinajstić information content (AvgIpc) is 2.58. The zero-order chi connectivity index (χ0) is 9.10. The fourth-order valence-electron chi connectivity index (χ4n) is 1.36. The largest absolute Gasteiger partial charge is 0.471 e. The Hall–Kier alpha value is -1.00. The molecule has 0 atom stereocenters.